The first-order valence-electron chi connectivity index (χ1n) is 15.6. The molecule has 0 aromatic heterocycles. The molecule has 1 aromatic carbocycles. The molecule has 0 fully saturated rings. The lowest BCUT2D eigenvalue weighted by Crippen LogP contribution is -2.72. The van der Waals surface area contributed by atoms with Gasteiger partial charge < -0.3 is 15.4 Å². The van der Waals surface area contributed by atoms with Crippen molar-refractivity contribution in [2.45, 2.75) is 103 Å². The number of carbonyl (C=O) groups excluding carboxylic acids is 1. The van der Waals surface area contributed by atoms with Gasteiger partial charge in [-0.15, -0.1) is 0 Å². The second-order valence-electron chi connectivity index (χ2n) is 12.5. The number of hydrogen-bond acceptors (Lipinski definition) is 8. The second kappa shape index (κ2) is 18.3. The van der Waals surface area contributed by atoms with Crippen molar-refractivity contribution in [2.24, 2.45) is 0 Å². The van der Waals surface area contributed by atoms with Gasteiger partial charge in [0.05, 0.1) is 0 Å². The molecule has 0 spiro atoms. The summed E-state index contributed by atoms with van der Waals surface area (Å²) in [6, 6.07) is -1.78. The molecular weight excluding hydrogens is 1130 g/mol. The highest BCUT2D eigenvalue weighted by Gasteiger charge is 2.91. The predicted molar refractivity (Wildman–Crippen MR) is 145 cm³/mol. The maximum atomic E-state index is 15.6. The van der Waals surface area contributed by atoms with Crippen LogP contribution in [0.5, 0.6) is 0 Å². The minimum absolute atomic E-state index is 0.0372. The molecular formula is C26H9BF35NO8. The zero-order valence-electron chi connectivity index (χ0n) is 31.2. The smallest absolute Gasteiger partial charge is 0.423 e. The van der Waals surface area contributed by atoms with E-state index in [2.05, 4.69) is 6.58 Å². The van der Waals surface area contributed by atoms with Gasteiger partial charge in [-0.2, -0.15) is 154 Å². The van der Waals surface area contributed by atoms with Crippen LogP contribution in [0.15, 0.2) is 30.9 Å². The minimum atomic E-state index is -9.65. The summed E-state index contributed by atoms with van der Waals surface area (Å²) in [6.45, 7) is 2.69. The Morgan fingerprint density at radius 1 is 0.423 bits per heavy atom. The molecule has 3 N–H and O–H groups in total. The third-order valence-electron chi connectivity index (χ3n) is 7.46. The number of amides is 1. The van der Waals surface area contributed by atoms with E-state index in [1.54, 1.807) is 0 Å². The zero-order chi connectivity index (χ0) is 57.5. The number of rotatable bonds is 19. The summed E-state index contributed by atoms with van der Waals surface area (Å²) >= 11 is 0. The van der Waals surface area contributed by atoms with Gasteiger partial charge in [-0.1, -0.05) is 12.6 Å². The number of carbonyl (C=O) groups is 1. The Morgan fingerprint density at radius 3 is 0.944 bits per heavy atom. The summed E-state index contributed by atoms with van der Waals surface area (Å²) in [4.78, 5) is 11.5. The zero-order valence-corrected chi connectivity index (χ0v) is 31.2. The van der Waals surface area contributed by atoms with Gasteiger partial charge in [-0.05, 0) is 23.7 Å². The van der Waals surface area contributed by atoms with Crippen LogP contribution in [0.3, 0.4) is 0 Å². The molecule has 5 unspecified atom stereocenters. The Morgan fingerprint density at radius 2 is 0.704 bits per heavy atom. The van der Waals surface area contributed by atoms with Crippen molar-refractivity contribution < 1.29 is 192 Å². The van der Waals surface area contributed by atoms with Crippen molar-refractivity contribution in [1.82, 2.24) is 0 Å². The van der Waals surface area contributed by atoms with Crippen LogP contribution in [0.1, 0.15) is 5.56 Å². The van der Waals surface area contributed by atoms with Crippen molar-refractivity contribution in [1.29, 1.82) is 0 Å². The fraction of sp³-hybridized carbons (Fsp3) is 0.654. The van der Waals surface area contributed by atoms with Gasteiger partial charge >= 0.3 is 110 Å². The van der Waals surface area contributed by atoms with Crippen molar-refractivity contribution in [2.75, 3.05) is 5.32 Å². The lowest BCUT2D eigenvalue weighted by atomic mass is 9.78. The summed E-state index contributed by atoms with van der Waals surface area (Å²) in [5, 5.41) is 19.6. The van der Waals surface area contributed by atoms with E-state index < -0.39 is 145 Å². The van der Waals surface area contributed by atoms with E-state index in [0.717, 1.165) is 18.9 Å². The van der Waals surface area contributed by atoms with Crippen LogP contribution in [0.25, 0.3) is 0 Å². The van der Waals surface area contributed by atoms with Crippen LogP contribution < -0.4 is 10.8 Å². The number of nitrogens with one attached hydrogen (secondary N) is 1. The van der Waals surface area contributed by atoms with Gasteiger partial charge in [-0.25, -0.2) is 0 Å². The Bertz CT molecular complexity index is 2080. The van der Waals surface area contributed by atoms with E-state index in [1.807, 2.05) is 4.74 Å². The summed E-state index contributed by atoms with van der Waals surface area (Å²) in [5.41, 5.74) is -6.53. The first kappa shape index (κ1) is 64.8. The normalized spacial score (nSPS) is 19.2. The Hall–Kier alpha value is -4.24. The predicted octanol–water partition coefficient (Wildman–Crippen LogP) is 10.3. The van der Waals surface area contributed by atoms with E-state index in [4.69, 9.17) is 0 Å². The third-order valence-corrected chi connectivity index (χ3v) is 7.46. The molecule has 0 saturated carbocycles. The van der Waals surface area contributed by atoms with Gasteiger partial charge in [0, 0.05) is 11.3 Å². The summed E-state index contributed by atoms with van der Waals surface area (Å²) < 4.78 is 491. The van der Waals surface area contributed by atoms with Crippen LogP contribution >= 0.6 is 0 Å². The average molecular weight is 1140 g/mol. The Labute approximate surface area is 362 Å². The first-order valence-corrected chi connectivity index (χ1v) is 15.6. The molecule has 0 radical (unpaired) electrons. The van der Waals surface area contributed by atoms with Crippen LogP contribution in [-0.2, 0) is 34.3 Å². The highest BCUT2D eigenvalue weighted by molar-refractivity contribution is 6.58. The van der Waals surface area contributed by atoms with Gasteiger partial charge in [0.15, 0.2) is 0 Å². The van der Waals surface area contributed by atoms with Crippen LogP contribution in [-0.4, -0.2) is 120 Å². The fourth-order valence-corrected chi connectivity index (χ4v) is 4.04. The molecule has 1 amide bonds. The molecule has 0 aliphatic carbocycles. The quantitative estimate of drug-likeness (QED) is 0.0713. The van der Waals surface area contributed by atoms with Crippen LogP contribution in [0.4, 0.5) is 159 Å². The highest BCUT2D eigenvalue weighted by atomic mass is 19.5. The molecule has 1 rings (SSSR count). The van der Waals surface area contributed by atoms with Crippen molar-refractivity contribution >= 4 is 24.2 Å². The first-order chi connectivity index (χ1) is 30.5. The van der Waals surface area contributed by atoms with Gasteiger partial charge in [0.25, 0.3) is 0 Å². The molecule has 0 bridgehead atoms. The lowest BCUT2D eigenvalue weighted by Gasteiger charge is -2.44. The van der Waals surface area contributed by atoms with E-state index in [9.17, 15) is 160 Å². The standard InChI is InChI=1S/C26H9BF35NO8/c1-2-9(64)63-8-4-6(3-7(5-8)27(65)66)10(28,16(35,36)37)67-23(55,56)12(31,18(41,42)43)69-25(59,60)14(33,20(47,48)49)71-26(61,62)15(34,21(50,51)52)70-24(57,58)13(32,19(44,45)46)68-22(53,54)11(29,30)17(38,39)40/h2-5,65-66H,1H2,(H,63,64). The fourth-order valence-electron chi connectivity index (χ4n) is 4.04. The number of ether oxygens (including phenoxy) is 5. The van der Waals surface area contributed by atoms with Gasteiger partial charge in [0.1, 0.15) is 0 Å². The topological polar surface area (TPSA) is 116 Å². The van der Waals surface area contributed by atoms with E-state index in [-0.39, 0.29) is 12.1 Å². The van der Waals surface area contributed by atoms with Gasteiger partial charge in [-0.3, -0.25) is 28.5 Å². The maximum Gasteiger partial charge on any atom is 0.488 e. The number of hydrogen-bond donors (Lipinski definition) is 3. The summed E-state index contributed by atoms with van der Waals surface area (Å²) in [7, 11) is -3.38. The molecule has 1 aromatic rings. The summed E-state index contributed by atoms with van der Waals surface area (Å²) in [5.74, 6) is -55.2. The maximum absolute atomic E-state index is 15.6. The SMILES string of the molecule is C=CC(=O)Nc1cc(B(O)O)cc(C(F)(OC(F)(F)C(F)(OC(F)(F)C(F)(OC(F)(F)C(F)(OC(F)(F)C(F)(OC(F)(F)C(F)(F)C(F)(F)F)C(F)(F)F)C(F)(F)F)C(F)(F)F)C(F)(F)F)C(F)(F)F)c1. The van der Waals surface area contributed by atoms with E-state index in [1.165, 1.54) is 5.32 Å². The average Bonchev–Trinajstić information content (AvgIpc) is 3.10. The number of benzene rings is 1. The van der Waals surface area contributed by atoms with Crippen LogP contribution in [0, 0.1) is 0 Å². The monoisotopic (exact) mass is 1140 g/mol. The molecule has 9 nitrogen and oxygen atoms in total. The van der Waals surface area contributed by atoms with Crippen LogP contribution in [0.2, 0.25) is 0 Å². The Balaban J connectivity index is 4.31. The van der Waals surface area contributed by atoms with Crippen molar-refractivity contribution in [3.05, 3.63) is 36.4 Å². The Kier molecular flexibility index (Phi) is 16.7. The molecule has 71 heavy (non-hydrogen) atoms. The summed E-state index contributed by atoms with van der Waals surface area (Å²) in [6.07, 6.45) is -98.2. The molecule has 5 atom stereocenters. The molecule has 0 aliphatic rings. The molecule has 414 valence electrons. The lowest BCUT2D eigenvalue weighted by molar-refractivity contribution is -0.601. The molecule has 45 heteroatoms. The van der Waals surface area contributed by atoms with Gasteiger partial charge in [0.2, 0.25) is 5.91 Å². The number of halogens is 35. The van der Waals surface area contributed by atoms with E-state index >= 15 is 8.78 Å². The minimum Gasteiger partial charge on any atom is -0.423 e. The number of alkyl halides is 35. The second-order valence-corrected chi connectivity index (χ2v) is 12.5. The van der Waals surface area contributed by atoms with E-state index in [0.29, 0.717) is 0 Å². The van der Waals surface area contributed by atoms with Crippen molar-refractivity contribution in [3.63, 3.8) is 0 Å². The van der Waals surface area contributed by atoms with Crippen molar-refractivity contribution in [3.8, 4) is 0 Å². The highest BCUT2D eigenvalue weighted by Crippen LogP contribution is 2.63. The molecule has 0 heterocycles. The molecule has 0 saturated heterocycles. The molecule has 0 aliphatic heterocycles. The number of anilines is 1. The largest absolute Gasteiger partial charge is 0.488 e. The third kappa shape index (κ3) is 11.5.